The first-order valence-electron chi connectivity index (χ1n) is 9.70. The number of hydrogen-bond acceptors (Lipinski definition) is 3. The third kappa shape index (κ3) is 5.66. The minimum Gasteiger partial charge on any atom is -0.333 e. The van der Waals surface area contributed by atoms with Gasteiger partial charge in [0.1, 0.15) is 13.1 Å². The van der Waals surface area contributed by atoms with E-state index in [1.54, 1.807) is 9.80 Å². The Morgan fingerprint density at radius 2 is 1.85 bits per heavy atom. The summed E-state index contributed by atoms with van der Waals surface area (Å²) in [5, 5.41) is 4.30. The van der Waals surface area contributed by atoms with Crippen LogP contribution in [-0.2, 0) is 16.1 Å². The van der Waals surface area contributed by atoms with Crippen molar-refractivity contribution in [1.82, 2.24) is 10.3 Å². The molecule has 1 aromatic carbocycles. The molecule has 2 amide bonds. The lowest BCUT2D eigenvalue weighted by atomic mass is 10.1. The van der Waals surface area contributed by atoms with Crippen LogP contribution in [0.4, 0.5) is 0 Å². The Morgan fingerprint density at radius 3 is 2.62 bits per heavy atom. The highest BCUT2D eigenvalue weighted by Gasteiger charge is 2.21. The maximum absolute atomic E-state index is 12.1. The Morgan fingerprint density at radius 1 is 1.08 bits per heavy atom. The van der Waals surface area contributed by atoms with E-state index in [2.05, 4.69) is 34.8 Å². The molecule has 2 aliphatic heterocycles. The highest BCUT2D eigenvalue weighted by atomic mass is 16.2. The van der Waals surface area contributed by atoms with Gasteiger partial charge < -0.3 is 9.80 Å². The molecule has 26 heavy (non-hydrogen) atoms. The molecule has 0 aromatic heterocycles. The van der Waals surface area contributed by atoms with Gasteiger partial charge in [-0.1, -0.05) is 36.8 Å². The molecule has 2 fully saturated rings. The predicted octanol–water partition coefficient (Wildman–Crippen LogP) is 0.740. The Kier molecular flexibility index (Phi) is 6.77. The molecule has 0 spiro atoms. The minimum atomic E-state index is -0.188. The van der Waals surface area contributed by atoms with Gasteiger partial charge in [0.15, 0.2) is 0 Å². The summed E-state index contributed by atoms with van der Waals surface area (Å²) in [7, 11) is 0. The lowest BCUT2D eigenvalue weighted by Gasteiger charge is -2.25. The summed E-state index contributed by atoms with van der Waals surface area (Å²) < 4.78 is 0. The average molecular weight is 357 g/mol. The first-order valence-corrected chi connectivity index (χ1v) is 9.70. The van der Waals surface area contributed by atoms with Gasteiger partial charge in [0.25, 0.3) is 5.91 Å². The topological polar surface area (TPSA) is 66.2 Å². The second-order valence-corrected chi connectivity index (χ2v) is 7.25. The van der Waals surface area contributed by atoms with Crippen molar-refractivity contribution in [3.05, 3.63) is 35.9 Å². The molecular weight excluding hydrogens is 328 g/mol. The fourth-order valence-corrected chi connectivity index (χ4v) is 3.62. The van der Waals surface area contributed by atoms with E-state index in [9.17, 15) is 9.59 Å². The summed E-state index contributed by atoms with van der Waals surface area (Å²) in [4.78, 5) is 27.3. The monoisotopic (exact) mass is 357 g/mol. The van der Waals surface area contributed by atoms with Crippen LogP contribution in [0.5, 0.6) is 0 Å². The van der Waals surface area contributed by atoms with E-state index in [1.807, 2.05) is 6.07 Å². The molecule has 2 N–H and O–H groups in total. The number of likely N-dealkylation sites (tertiary alicyclic amines) is 2. The molecule has 0 bridgehead atoms. The smallest absolute Gasteiger partial charge is 0.259 e. The lowest BCUT2D eigenvalue weighted by molar-refractivity contribution is -0.914. The van der Waals surface area contributed by atoms with Crippen LogP contribution < -0.4 is 10.3 Å². The van der Waals surface area contributed by atoms with Gasteiger partial charge in [0, 0.05) is 37.1 Å². The van der Waals surface area contributed by atoms with Crippen molar-refractivity contribution in [1.29, 1.82) is 0 Å². The number of quaternary nitrogens is 1. The van der Waals surface area contributed by atoms with Crippen LogP contribution in [-0.4, -0.2) is 48.6 Å². The normalized spacial score (nSPS) is 21.2. The van der Waals surface area contributed by atoms with E-state index in [1.165, 1.54) is 5.56 Å². The maximum atomic E-state index is 12.1. The van der Waals surface area contributed by atoms with Crippen LogP contribution in [0.3, 0.4) is 0 Å². The first-order chi connectivity index (χ1) is 12.7. The zero-order valence-corrected chi connectivity index (χ0v) is 15.4. The standard InChI is InChI=1S/C20H28N4O2/c25-19(16-24-12-6-2-5-9-20(24)26)22-21-18-10-13-23(14-11-18)15-17-7-3-1-4-8-17/h1,3-4,7-8H,2,5-6,9-16H2,(H,22,25)/p+1. The van der Waals surface area contributed by atoms with Gasteiger partial charge in [0.2, 0.25) is 5.91 Å². The Hall–Kier alpha value is -2.21. The van der Waals surface area contributed by atoms with Gasteiger partial charge >= 0.3 is 0 Å². The molecule has 2 heterocycles. The van der Waals surface area contributed by atoms with E-state index < -0.39 is 0 Å². The fraction of sp³-hybridized carbons (Fsp3) is 0.550. The molecule has 3 rings (SSSR count). The van der Waals surface area contributed by atoms with E-state index in [0.717, 1.165) is 57.5 Å². The molecule has 6 nitrogen and oxygen atoms in total. The highest BCUT2D eigenvalue weighted by Crippen LogP contribution is 2.10. The van der Waals surface area contributed by atoms with E-state index in [4.69, 9.17) is 0 Å². The first kappa shape index (κ1) is 18.6. The number of benzene rings is 1. The minimum absolute atomic E-state index is 0.0862. The third-order valence-electron chi connectivity index (χ3n) is 5.18. The summed E-state index contributed by atoms with van der Waals surface area (Å²) in [5.74, 6) is -0.102. The van der Waals surface area contributed by atoms with Crippen molar-refractivity contribution in [2.45, 2.75) is 45.1 Å². The number of carbonyl (C=O) groups excluding carboxylic acids is 2. The van der Waals surface area contributed by atoms with Gasteiger partial charge in [-0.3, -0.25) is 9.59 Å². The van der Waals surface area contributed by atoms with Crippen molar-refractivity contribution in [2.24, 2.45) is 5.10 Å². The number of nitrogens with zero attached hydrogens (tertiary/aromatic N) is 2. The van der Waals surface area contributed by atoms with Crippen LogP contribution in [0, 0.1) is 0 Å². The molecule has 2 aliphatic rings. The summed E-state index contributed by atoms with van der Waals surface area (Å²) in [6.07, 6.45) is 5.35. The van der Waals surface area contributed by atoms with Gasteiger partial charge in [0.05, 0.1) is 13.1 Å². The van der Waals surface area contributed by atoms with Gasteiger partial charge in [-0.2, -0.15) is 5.10 Å². The molecular formula is C20H29N4O2+. The summed E-state index contributed by atoms with van der Waals surface area (Å²) in [5.41, 5.74) is 5.06. The molecule has 0 atom stereocenters. The molecule has 0 aliphatic carbocycles. The summed E-state index contributed by atoms with van der Waals surface area (Å²) >= 11 is 0. The van der Waals surface area contributed by atoms with E-state index in [0.29, 0.717) is 13.0 Å². The molecule has 0 radical (unpaired) electrons. The summed E-state index contributed by atoms with van der Waals surface area (Å²) in [6.45, 7) is 3.92. The lowest BCUT2D eigenvalue weighted by Crippen LogP contribution is -3.11. The number of piperidine rings is 1. The predicted molar refractivity (Wildman–Crippen MR) is 101 cm³/mol. The second-order valence-electron chi connectivity index (χ2n) is 7.25. The van der Waals surface area contributed by atoms with Crippen LogP contribution in [0.15, 0.2) is 35.4 Å². The third-order valence-corrected chi connectivity index (χ3v) is 5.18. The van der Waals surface area contributed by atoms with Crippen molar-refractivity contribution < 1.29 is 14.5 Å². The number of rotatable bonds is 5. The Bertz CT molecular complexity index is 634. The molecule has 0 unspecified atom stereocenters. The zero-order valence-electron chi connectivity index (χ0n) is 15.4. The van der Waals surface area contributed by atoms with Crippen LogP contribution in [0.25, 0.3) is 0 Å². The number of hydrogen-bond donors (Lipinski definition) is 2. The average Bonchev–Trinajstić information content (AvgIpc) is 2.86. The van der Waals surface area contributed by atoms with Gasteiger partial charge in [-0.25, -0.2) is 5.43 Å². The highest BCUT2D eigenvalue weighted by molar-refractivity contribution is 5.88. The number of hydrazone groups is 1. The number of amides is 2. The molecule has 140 valence electrons. The molecule has 6 heteroatoms. The zero-order chi connectivity index (χ0) is 18.2. The molecule has 2 saturated heterocycles. The number of nitrogens with one attached hydrogen (secondary N) is 2. The van der Waals surface area contributed by atoms with Gasteiger partial charge in [-0.15, -0.1) is 0 Å². The Balaban J connectivity index is 1.40. The second kappa shape index (κ2) is 9.48. The van der Waals surface area contributed by atoms with Crippen molar-refractivity contribution in [3.8, 4) is 0 Å². The van der Waals surface area contributed by atoms with E-state index >= 15 is 0 Å². The van der Waals surface area contributed by atoms with E-state index in [-0.39, 0.29) is 18.4 Å². The fourth-order valence-electron chi connectivity index (χ4n) is 3.62. The SMILES string of the molecule is O=C(CN1CCCCCC1=O)NN=C1CC[NH+](Cc2ccccc2)CC1. The molecule has 1 aromatic rings. The maximum Gasteiger partial charge on any atom is 0.259 e. The summed E-state index contributed by atoms with van der Waals surface area (Å²) in [6, 6.07) is 10.5. The van der Waals surface area contributed by atoms with Crippen LogP contribution in [0.2, 0.25) is 0 Å². The van der Waals surface area contributed by atoms with Crippen LogP contribution >= 0.6 is 0 Å². The van der Waals surface area contributed by atoms with Crippen molar-refractivity contribution >= 4 is 17.5 Å². The van der Waals surface area contributed by atoms with Crippen molar-refractivity contribution in [3.63, 3.8) is 0 Å². The van der Waals surface area contributed by atoms with Gasteiger partial charge in [-0.05, 0) is 12.8 Å². The number of carbonyl (C=O) groups is 2. The van der Waals surface area contributed by atoms with Crippen molar-refractivity contribution in [2.75, 3.05) is 26.2 Å². The Labute approximate surface area is 155 Å². The largest absolute Gasteiger partial charge is 0.333 e. The quantitative estimate of drug-likeness (QED) is 0.764. The van der Waals surface area contributed by atoms with Crippen LogP contribution in [0.1, 0.15) is 44.1 Å². The molecule has 0 saturated carbocycles.